The van der Waals surface area contributed by atoms with Gasteiger partial charge in [-0.3, -0.25) is 9.36 Å². The topological polar surface area (TPSA) is 85.6 Å². The molecule has 7 nitrogen and oxygen atoms in total. The van der Waals surface area contributed by atoms with E-state index in [0.29, 0.717) is 59.5 Å². The highest BCUT2D eigenvalue weighted by Gasteiger charge is 2.21. The van der Waals surface area contributed by atoms with Gasteiger partial charge in [-0.1, -0.05) is 23.4 Å². The van der Waals surface area contributed by atoms with E-state index in [1.54, 1.807) is 49.4 Å². The van der Waals surface area contributed by atoms with E-state index in [1.165, 1.54) is 28.8 Å². The van der Waals surface area contributed by atoms with Crippen LogP contribution in [0.3, 0.4) is 0 Å². The molecule has 3 aromatic carbocycles. The minimum atomic E-state index is -0.398. The highest BCUT2D eigenvalue weighted by atomic mass is 19.1. The van der Waals surface area contributed by atoms with E-state index in [-0.39, 0.29) is 29.8 Å². The van der Waals surface area contributed by atoms with Crippen molar-refractivity contribution in [3.63, 3.8) is 0 Å². The number of ketones is 1. The third-order valence-electron chi connectivity index (χ3n) is 6.46. The first kappa shape index (κ1) is 25.3. The van der Waals surface area contributed by atoms with Crippen LogP contribution in [0.1, 0.15) is 49.2 Å². The number of fused-ring (bicyclic) bond motifs is 1. The fraction of sp³-hybridized carbons (Fsp3) is 0.241. The van der Waals surface area contributed by atoms with Crippen molar-refractivity contribution >= 4 is 22.5 Å². The number of halogens is 2. The van der Waals surface area contributed by atoms with E-state index in [9.17, 15) is 18.4 Å². The predicted molar refractivity (Wildman–Crippen MR) is 140 cm³/mol. The molecule has 0 aliphatic carbocycles. The van der Waals surface area contributed by atoms with Gasteiger partial charge in [-0.25, -0.2) is 13.8 Å². The van der Waals surface area contributed by atoms with Crippen LogP contribution < -0.4 is 10.9 Å². The molecule has 1 atom stereocenters. The molecule has 1 aromatic heterocycles. The monoisotopic (exact) mass is 516 g/mol. The van der Waals surface area contributed by atoms with Gasteiger partial charge in [-0.2, -0.15) is 0 Å². The summed E-state index contributed by atoms with van der Waals surface area (Å²) in [4.78, 5) is 35.2. The molecule has 0 saturated carbocycles. The molecule has 38 heavy (non-hydrogen) atoms. The summed E-state index contributed by atoms with van der Waals surface area (Å²) in [5.74, 6) is 0.390. The number of oxime groups is 1. The smallest absolute Gasteiger partial charge is 0.265 e. The summed E-state index contributed by atoms with van der Waals surface area (Å²) in [6.07, 6.45) is 2.27. The molecule has 4 aromatic rings. The van der Waals surface area contributed by atoms with Crippen molar-refractivity contribution in [1.29, 1.82) is 0 Å². The van der Waals surface area contributed by atoms with Gasteiger partial charge in [0.05, 0.1) is 22.6 Å². The minimum absolute atomic E-state index is 0.110. The average Bonchev–Trinajstić information content (AvgIpc) is 2.92. The Kier molecular flexibility index (Phi) is 7.26. The lowest BCUT2D eigenvalue weighted by atomic mass is 10.1. The van der Waals surface area contributed by atoms with Crippen LogP contribution in [0.5, 0.6) is 0 Å². The maximum Gasteiger partial charge on any atom is 0.265 e. The molecule has 0 amide bonds. The van der Waals surface area contributed by atoms with Crippen LogP contribution in [0.2, 0.25) is 0 Å². The maximum atomic E-state index is 13.6. The van der Waals surface area contributed by atoms with E-state index in [2.05, 4.69) is 10.5 Å². The highest BCUT2D eigenvalue weighted by Crippen LogP contribution is 2.21. The number of benzene rings is 3. The Bertz CT molecular complexity index is 1560. The van der Waals surface area contributed by atoms with Crippen molar-refractivity contribution < 1.29 is 18.4 Å². The molecule has 2 heterocycles. The van der Waals surface area contributed by atoms with Gasteiger partial charge < -0.3 is 14.9 Å². The molecule has 0 radical (unpaired) electrons. The quantitative estimate of drug-likeness (QED) is 0.334. The van der Waals surface area contributed by atoms with E-state index < -0.39 is 5.82 Å². The second kappa shape index (κ2) is 10.9. The summed E-state index contributed by atoms with van der Waals surface area (Å²) < 4.78 is 28.4. The van der Waals surface area contributed by atoms with Crippen molar-refractivity contribution in [2.24, 2.45) is 5.16 Å². The largest absolute Gasteiger partial charge is 0.392 e. The highest BCUT2D eigenvalue weighted by molar-refractivity contribution is 6.01. The molecule has 0 bridgehead atoms. The number of hydrogen-bond acceptors (Lipinski definition) is 6. The second-order valence-corrected chi connectivity index (χ2v) is 9.27. The van der Waals surface area contributed by atoms with Crippen molar-refractivity contribution in [3.05, 3.63) is 106 Å². The first-order valence-corrected chi connectivity index (χ1v) is 12.4. The molecular weight excluding hydrogens is 490 g/mol. The number of unbranched alkanes of at least 4 members (excludes halogenated alkanes) is 1. The number of carbonyl (C=O) groups excluding carboxylic acids is 1. The molecule has 0 fully saturated rings. The van der Waals surface area contributed by atoms with E-state index in [0.717, 1.165) is 5.56 Å². The Balaban J connectivity index is 1.50. The number of aryl methyl sites for hydroxylation is 1. The van der Waals surface area contributed by atoms with Gasteiger partial charge >= 0.3 is 0 Å². The summed E-state index contributed by atoms with van der Waals surface area (Å²) in [6, 6.07) is 16.9. The maximum absolute atomic E-state index is 13.6. The molecule has 0 saturated heterocycles. The molecule has 1 aliphatic rings. The predicted octanol–water partition coefficient (Wildman–Crippen LogP) is 4.99. The number of rotatable bonds is 8. The summed E-state index contributed by atoms with van der Waals surface area (Å²) in [5, 5.41) is 7.87. The first-order valence-electron chi connectivity index (χ1n) is 12.4. The van der Waals surface area contributed by atoms with E-state index in [4.69, 9.17) is 9.82 Å². The number of nitrogens with one attached hydrogen (secondary N) is 1. The SMILES string of the molecule is CC(=O)CCCCc1nc2cc(C3=NOC[C@@H](c4ccc(F)cc4)N3)ccc2c(=O)n1-c1ccc(F)cc1. The van der Waals surface area contributed by atoms with Crippen LogP contribution in [0.15, 0.2) is 76.7 Å². The van der Waals surface area contributed by atoms with Crippen LogP contribution in [-0.4, -0.2) is 27.8 Å². The normalized spacial score (nSPS) is 15.0. The summed E-state index contributed by atoms with van der Waals surface area (Å²) in [5.41, 5.74) is 2.27. The average molecular weight is 517 g/mol. The minimum Gasteiger partial charge on any atom is -0.392 e. The Morgan fingerprint density at radius 2 is 1.74 bits per heavy atom. The lowest BCUT2D eigenvalue weighted by Gasteiger charge is -2.24. The number of aromatic nitrogens is 2. The molecular formula is C29H26F2N4O3. The molecule has 194 valence electrons. The van der Waals surface area contributed by atoms with Gasteiger partial charge in [-0.15, -0.1) is 0 Å². The fourth-order valence-electron chi connectivity index (χ4n) is 4.48. The second-order valence-electron chi connectivity index (χ2n) is 9.27. The molecule has 5 rings (SSSR count). The number of Topliss-reactive ketones (excluding diaryl/α,β-unsaturated/α-hetero) is 1. The zero-order valence-corrected chi connectivity index (χ0v) is 20.8. The van der Waals surface area contributed by atoms with Gasteiger partial charge in [0.1, 0.15) is 29.8 Å². The zero-order valence-electron chi connectivity index (χ0n) is 20.8. The van der Waals surface area contributed by atoms with Crippen molar-refractivity contribution in [3.8, 4) is 5.69 Å². The van der Waals surface area contributed by atoms with Crippen LogP contribution in [-0.2, 0) is 16.1 Å². The van der Waals surface area contributed by atoms with Crippen molar-refractivity contribution in [2.75, 3.05) is 6.61 Å². The lowest BCUT2D eigenvalue weighted by Crippen LogP contribution is -2.36. The van der Waals surface area contributed by atoms with E-state index in [1.807, 2.05) is 0 Å². The number of hydrogen-bond donors (Lipinski definition) is 1. The van der Waals surface area contributed by atoms with Gasteiger partial charge in [-0.05, 0) is 73.9 Å². The Morgan fingerprint density at radius 3 is 2.45 bits per heavy atom. The zero-order chi connectivity index (χ0) is 26.6. The summed E-state index contributed by atoms with van der Waals surface area (Å²) in [7, 11) is 0. The van der Waals surface area contributed by atoms with Gasteiger partial charge in [0, 0.05) is 18.4 Å². The molecule has 1 N–H and O–H groups in total. The lowest BCUT2D eigenvalue weighted by molar-refractivity contribution is -0.117. The Labute approximate surface area is 217 Å². The van der Waals surface area contributed by atoms with Gasteiger partial charge in [0.2, 0.25) is 0 Å². The summed E-state index contributed by atoms with van der Waals surface area (Å²) >= 11 is 0. The summed E-state index contributed by atoms with van der Waals surface area (Å²) in [6.45, 7) is 1.84. The Hall–Kier alpha value is -4.40. The molecule has 0 spiro atoms. The van der Waals surface area contributed by atoms with Gasteiger partial charge in [0.25, 0.3) is 5.56 Å². The third kappa shape index (κ3) is 5.46. The van der Waals surface area contributed by atoms with Crippen molar-refractivity contribution in [2.45, 2.75) is 38.6 Å². The van der Waals surface area contributed by atoms with Gasteiger partial charge in [0.15, 0.2) is 5.84 Å². The van der Waals surface area contributed by atoms with E-state index >= 15 is 0 Å². The molecule has 9 heteroatoms. The van der Waals surface area contributed by atoms with Crippen molar-refractivity contribution in [1.82, 2.24) is 14.9 Å². The molecule has 0 unspecified atom stereocenters. The third-order valence-corrected chi connectivity index (χ3v) is 6.46. The van der Waals surface area contributed by atoms with Crippen LogP contribution in [0.4, 0.5) is 8.78 Å². The Morgan fingerprint density at radius 1 is 1.03 bits per heavy atom. The first-order chi connectivity index (χ1) is 18.4. The van der Waals surface area contributed by atoms with Crippen LogP contribution >= 0.6 is 0 Å². The number of amidine groups is 1. The number of carbonyl (C=O) groups is 1. The standard InChI is InChI=1S/C29H26F2N4O3/c1-18(36)4-2-3-5-27-32-25-16-20(28-33-26(17-38-34-28)19-6-9-21(30)10-7-19)8-15-24(25)29(37)35(27)23-13-11-22(31)12-14-23/h6-16,26H,2-5,17H2,1H3,(H,33,34)/t26-/m0/s1. The molecule has 1 aliphatic heterocycles. The van der Waals surface area contributed by atoms with Crippen LogP contribution in [0.25, 0.3) is 16.6 Å². The van der Waals surface area contributed by atoms with Crippen LogP contribution in [0, 0.1) is 11.6 Å². The fourth-order valence-corrected chi connectivity index (χ4v) is 4.48. The number of nitrogens with zero attached hydrogens (tertiary/aromatic N) is 3.